The van der Waals surface area contributed by atoms with Crippen LogP contribution in [0.15, 0.2) is 39.9 Å². The van der Waals surface area contributed by atoms with Gasteiger partial charge in [0.2, 0.25) is 5.95 Å². The van der Waals surface area contributed by atoms with Gasteiger partial charge in [-0.2, -0.15) is 10.1 Å². The van der Waals surface area contributed by atoms with Gasteiger partial charge in [-0.3, -0.25) is 18.5 Å². The first-order valence-electron chi connectivity index (χ1n) is 11.0. The number of rotatable bonds is 6. The van der Waals surface area contributed by atoms with Gasteiger partial charge in [0, 0.05) is 25.3 Å². The van der Waals surface area contributed by atoms with Crippen LogP contribution >= 0.6 is 0 Å². The van der Waals surface area contributed by atoms with Crippen LogP contribution in [0.1, 0.15) is 48.8 Å². The number of aryl methyl sites for hydroxylation is 3. The molecule has 0 spiro atoms. The Balaban J connectivity index is 1.86. The second-order valence-electron chi connectivity index (χ2n) is 8.64. The maximum Gasteiger partial charge on any atom is 0.332 e. The molecule has 3 heterocycles. The molecule has 0 unspecified atom stereocenters. The summed E-state index contributed by atoms with van der Waals surface area (Å²) in [5.74, 6) is 0.554. The van der Waals surface area contributed by atoms with E-state index >= 15 is 0 Å². The Bertz CT molecular complexity index is 1400. The molecule has 0 amide bonds. The second-order valence-corrected chi connectivity index (χ2v) is 8.64. The molecule has 0 aliphatic rings. The number of aromatic nitrogens is 6. The quantitative estimate of drug-likeness (QED) is 0.467. The highest BCUT2D eigenvalue weighted by Gasteiger charge is 2.24. The molecule has 1 aromatic carbocycles. The average molecular weight is 435 g/mol. The fourth-order valence-electron chi connectivity index (χ4n) is 4.17. The predicted molar refractivity (Wildman–Crippen MR) is 126 cm³/mol. The van der Waals surface area contributed by atoms with Crippen molar-refractivity contribution in [2.45, 2.75) is 60.0 Å². The summed E-state index contributed by atoms with van der Waals surface area (Å²) in [6, 6.07) is 10.0. The van der Waals surface area contributed by atoms with Gasteiger partial charge in [-0.15, -0.1) is 0 Å². The molecule has 3 aromatic heterocycles. The summed E-state index contributed by atoms with van der Waals surface area (Å²) in [7, 11) is 1.67. The van der Waals surface area contributed by atoms with Crippen LogP contribution in [-0.2, 0) is 20.0 Å². The SMILES string of the molecule is Cc1nn(-c2nc3c(c(=O)n(CCCc4ccccc4)c(=O)n3C)n2C(C)C)c(C)c1C. The van der Waals surface area contributed by atoms with Crippen molar-refractivity contribution >= 4 is 11.2 Å². The molecule has 0 saturated carbocycles. The lowest BCUT2D eigenvalue weighted by Gasteiger charge is -2.14. The molecule has 0 radical (unpaired) electrons. The lowest BCUT2D eigenvalue weighted by Crippen LogP contribution is -2.40. The van der Waals surface area contributed by atoms with Crippen LogP contribution in [0.25, 0.3) is 17.1 Å². The van der Waals surface area contributed by atoms with E-state index in [0.29, 0.717) is 30.1 Å². The van der Waals surface area contributed by atoms with Crippen molar-refractivity contribution in [3.05, 3.63) is 73.7 Å². The zero-order chi connectivity index (χ0) is 23.2. The number of hydrogen-bond acceptors (Lipinski definition) is 4. The normalized spacial score (nSPS) is 11.7. The van der Waals surface area contributed by atoms with E-state index in [9.17, 15) is 9.59 Å². The van der Waals surface area contributed by atoms with Crippen LogP contribution in [0.3, 0.4) is 0 Å². The van der Waals surface area contributed by atoms with Crippen molar-refractivity contribution in [3.8, 4) is 5.95 Å². The third-order valence-electron chi connectivity index (χ3n) is 6.21. The molecule has 4 aromatic rings. The van der Waals surface area contributed by atoms with E-state index in [1.807, 2.05) is 57.4 Å². The molecular formula is C24H30N6O2. The van der Waals surface area contributed by atoms with E-state index in [-0.39, 0.29) is 17.3 Å². The fraction of sp³-hybridized carbons (Fsp3) is 0.417. The summed E-state index contributed by atoms with van der Waals surface area (Å²) in [5, 5.41) is 4.64. The minimum atomic E-state index is -0.347. The minimum Gasteiger partial charge on any atom is -0.300 e. The molecule has 4 rings (SSSR count). The van der Waals surface area contributed by atoms with Crippen LogP contribution in [0, 0.1) is 20.8 Å². The Hall–Kier alpha value is -3.42. The van der Waals surface area contributed by atoms with Gasteiger partial charge in [0.1, 0.15) is 0 Å². The number of imidazole rings is 1. The smallest absolute Gasteiger partial charge is 0.300 e. The summed E-state index contributed by atoms with van der Waals surface area (Å²) in [4.78, 5) is 31.3. The standard InChI is InChI=1S/C24H30N6O2/c1-15(2)29-20-21(25-23(29)30-18(5)16(3)17(4)26-30)27(6)24(32)28(22(20)31)14-10-13-19-11-8-7-9-12-19/h7-9,11-12,15H,10,13-14H2,1-6H3. The van der Waals surface area contributed by atoms with Crippen LogP contribution in [0.2, 0.25) is 0 Å². The van der Waals surface area contributed by atoms with E-state index in [0.717, 1.165) is 23.4 Å². The molecular weight excluding hydrogens is 404 g/mol. The third-order valence-corrected chi connectivity index (χ3v) is 6.21. The van der Waals surface area contributed by atoms with E-state index < -0.39 is 0 Å². The Morgan fingerprint density at radius 2 is 1.72 bits per heavy atom. The first kappa shape index (κ1) is 21.8. The van der Waals surface area contributed by atoms with Crippen LogP contribution in [0.4, 0.5) is 0 Å². The first-order chi connectivity index (χ1) is 15.2. The van der Waals surface area contributed by atoms with Gasteiger partial charge >= 0.3 is 5.69 Å². The topological polar surface area (TPSA) is 79.6 Å². The first-order valence-corrected chi connectivity index (χ1v) is 11.0. The summed E-state index contributed by atoms with van der Waals surface area (Å²) in [5.41, 5.74) is 4.31. The minimum absolute atomic E-state index is 0.0396. The van der Waals surface area contributed by atoms with Crippen LogP contribution in [0.5, 0.6) is 0 Å². The van der Waals surface area contributed by atoms with E-state index in [2.05, 4.69) is 17.2 Å². The molecule has 168 valence electrons. The Morgan fingerprint density at radius 3 is 2.31 bits per heavy atom. The zero-order valence-electron chi connectivity index (χ0n) is 19.6. The maximum absolute atomic E-state index is 13.5. The monoisotopic (exact) mass is 434 g/mol. The van der Waals surface area contributed by atoms with Crippen molar-refractivity contribution in [2.24, 2.45) is 7.05 Å². The maximum atomic E-state index is 13.5. The van der Waals surface area contributed by atoms with Gasteiger partial charge < -0.3 is 0 Å². The highest BCUT2D eigenvalue weighted by Crippen LogP contribution is 2.23. The Labute approximate surface area is 186 Å². The molecule has 32 heavy (non-hydrogen) atoms. The molecule has 0 N–H and O–H groups in total. The van der Waals surface area contributed by atoms with Crippen molar-refractivity contribution in [3.63, 3.8) is 0 Å². The highest BCUT2D eigenvalue weighted by atomic mass is 16.2. The van der Waals surface area contributed by atoms with Gasteiger partial charge in [-0.25, -0.2) is 9.48 Å². The Morgan fingerprint density at radius 1 is 1.03 bits per heavy atom. The number of nitrogens with zero attached hydrogens (tertiary/aromatic N) is 6. The molecule has 0 aliphatic heterocycles. The van der Waals surface area contributed by atoms with Crippen molar-refractivity contribution in [1.82, 2.24) is 28.5 Å². The lowest BCUT2D eigenvalue weighted by molar-refractivity contribution is 0.558. The average Bonchev–Trinajstić information content (AvgIpc) is 3.29. The van der Waals surface area contributed by atoms with Crippen molar-refractivity contribution in [1.29, 1.82) is 0 Å². The molecule has 8 heteroatoms. The predicted octanol–water partition coefficient (Wildman–Crippen LogP) is 3.22. The van der Waals surface area contributed by atoms with E-state index in [1.54, 1.807) is 11.7 Å². The summed E-state index contributed by atoms with van der Waals surface area (Å²) < 4.78 is 6.47. The highest BCUT2D eigenvalue weighted by molar-refractivity contribution is 5.73. The van der Waals surface area contributed by atoms with Crippen molar-refractivity contribution < 1.29 is 0 Å². The van der Waals surface area contributed by atoms with Gasteiger partial charge in [0.05, 0.1) is 5.69 Å². The number of hydrogen-bond donors (Lipinski definition) is 0. The zero-order valence-corrected chi connectivity index (χ0v) is 19.6. The Kier molecular flexibility index (Phi) is 5.62. The molecule has 8 nitrogen and oxygen atoms in total. The van der Waals surface area contributed by atoms with E-state index in [1.165, 1.54) is 14.7 Å². The van der Waals surface area contributed by atoms with Crippen LogP contribution < -0.4 is 11.2 Å². The number of benzene rings is 1. The van der Waals surface area contributed by atoms with Gasteiger partial charge in [-0.1, -0.05) is 30.3 Å². The largest absolute Gasteiger partial charge is 0.332 e. The summed E-state index contributed by atoms with van der Waals surface area (Å²) in [6.07, 6.45) is 1.50. The number of fused-ring (bicyclic) bond motifs is 1. The van der Waals surface area contributed by atoms with Gasteiger partial charge in [0.15, 0.2) is 11.2 Å². The molecule has 0 aliphatic carbocycles. The summed E-state index contributed by atoms with van der Waals surface area (Å²) in [6.45, 7) is 10.3. The third kappa shape index (κ3) is 3.49. The van der Waals surface area contributed by atoms with Gasteiger partial charge in [-0.05, 0) is 58.6 Å². The van der Waals surface area contributed by atoms with E-state index in [4.69, 9.17) is 4.98 Å². The van der Waals surface area contributed by atoms with Crippen LogP contribution in [-0.4, -0.2) is 28.5 Å². The lowest BCUT2D eigenvalue weighted by atomic mass is 10.1. The molecule has 0 bridgehead atoms. The molecule has 0 fully saturated rings. The van der Waals surface area contributed by atoms with Gasteiger partial charge in [0.25, 0.3) is 5.56 Å². The second kappa shape index (κ2) is 8.26. The van der Waals surface area contributed by atoms with Crippen molar-refractivity contribution in [2.75, 3.05) is 0 Å². The molecule has 0 atom stereocenters. The molecule has 0 saturated heterocycles. The fourth-order valence-corrected chi connectivity index (χ4v) is 4.17. The summed E-state index contributed by atoms with van der Waals surface area (Å²) >= 11 is 0.